The fourth-order valence-electron chi connectivity index (χ4n) is 3.56. The van der Waals surface area contributed by atoms with Crippen molar-refractivity contribution in [2.24, 2.45) is 7.05 Å². The number of amides is 1. The summed E-state index contributed by atoms with van der Waals surface area (Å²) >= 11 is 0. The van der Waals surface area contributed by atoms with E-state index in [4.69, 9.17) is 0 Å². The molecule has 0 spiro atoms. The Morgan fingerprint density at radius 2 is 2.16 bits per heavy atom. The summed E-state index contributed by atoms with van der Waals surface area (Å²) in [6.45, 7) is 3.89. The Balaban J connectivity index is 1.36. The Morgan fingerprint density at radius 3 is 2.92 bits per heavy atom. The van der Waals surface area contributed by atoms with Gasteiger partial charge in [-0.2, -0.15) is 5.10 Å². The molecule has 1 aliphatic heterocycles. The maximum Gasteiger partial charge on any atom is 0.220 e. The highest BCUT2D eigenvalue weighted by Gasteiger charge is 2.20. The second-order valence-corrected chi connectivity index (χ2v) is 6.92. The van der Waals surface area contributed by atoms with Crippen molar-refractivity contribution in [3.63, 3.8) is 0 Å². The highest BCUT2D eigenvalue weighted by molar-refractivity contribution is 5.76. The highest BCUT2D eigenvalue weighted by Crippen LogP contribution is 2.26. The van der Waals surface area contributed by atoms with Crippen LogP contribution in [0.25, 0.3) is 0 Å². The van der Waals surface area contributed by atoms with Crippen molar-refractivity contribution in [2.75, 3.05) is 26.2 Å². The zero-order chi connectivity index (χ0) is 17.5. The second kappa shape index (κ2) is 8.81. The molecule has 25 heavy (non-hydrogen) atoms. The van der Waals surface area contributed by atoms with E-state index in [-0.39, 0.29) is 5.91 Å². The van der Waals surface area contributed by atoms with Crippen LogP contribution in [-0.4, -0.2) is 46.8 Å². The molecule has 1 aromatic carbocycles. The van der Waals surface area contributed by atoms with Crippen molar-refractivity contribution in [3.8, 4) is 0 Å². The van der Waals surface area contributed by atoms with Crippen LogP contribution in [0.1, 0.15) is 36.3 Å². The molecule has 5 heteroatoms. The lowest BCUT2D eigenvalue weighted by Gasteiger charge is -2.33. The summed E-state index contributed by atoms with van der Waals surface area (Å²) in [6.07, 6.45) is 7.56. The first kappa shape index (κ1) is 17.7. The molecule has 5 nitrogen and oxygen atoms in total. The average Bonchev–Trinajstić information content (AvgIpc) is 3.06. The van der Waals surface area contributed by atoms with Gasteiger partial charge in [-0.05, 0) is 42.9 Å². The molecule has 2 aromatic rings. The zero-order valence-corrected chi connectivity index (χ0v) is 15.0. The summed E-state index contributed by atoms with van der Waals surface area (Å²) in [5, 5.41) is 7.18. The molecule has 0 bridgehead atoms. The SMILES string of the molecule is Cn1cc(CCC(=O)NCCN2CCCC(c3ccccc3)C2)cn1. The predicted octanol–water partition coefficient (Wildman–Crippen LogP) is 2.35. The maximum atomic E-state index is 12.0. The number of hydrogen-bond donors (Lipinski definition) is 1. The van der Waals surface area contributed by atoms with Gasteiger partial charge in [0, 0.05) is 39.3 Å². The van der Waals surface area contributed by atoms with Crippen molar-refractivity contribution < 1.29 is 4.79 Å². The number of benzene rings is 1. The Labute approximate surface area is 150 Å². The van der Waals surface area contributed by atoms with Crippen molar-refractivity contribution in [1.29, 1.82) is 0 Å². The first-order valence-corrected chi connectivity index (χ1v) is 9.22. The third-order valence-electron chi connectivity index (χ3n) is 4.93. The van der Waals surface area contributed by atoms with Crippen LogP contribution < -0.4 is 5.32 Å². The summed E-state index contributed by atoms with van der Waals surface area (Å²) in [6, 6.07) is 10.8. The maximum absolute atomic E-state index is 12.0. The predicted molar refractivity (Wildman–Crippen MR) is 99.4 cm³/mol. The molecule has 1 saturated heterocycles. The Hall–Kier alpha value is -2.14. The number of nitrogens with zero attached hydrogens (tertiary/aromatic N) is 3. The molecule has 2 heterocycles. The van der Waals surface area contributed by atoms with Gasteiger partial charge in [0.15, 0.2) is 0 Å². The summed E-state index contributed by atoms with van der Waals surface area (Å²) in [4.78, 5) is 14.5. The van der Waals surface area contributed by atoms with E-state index in [1.165, 1.54) is 18.4 Å². The third kappa shape index (κ3) is 5.43. The number of nitrogens with one attached hydrogen (secondary N) is 1. The van der Waals surface area contributed by atoms with Crippen LogP contribution in [0.4, 0.5) is 0 Å². The molecule has 1 aromatic heterocycles. The van der Waals surface area contributed by atoms with E-state index in [1.807, 2.05) is 19.4 Å². The molecular formula is C20H28N4O. The minimum Gasteiger partial charge on any atom is -0.355 e. The normalized spacial score (nSPS) is 18.2. The fourth-order valence-corrected chi connectivity index (χ4v) is 3.56. The highest BCUT2D eigenvalue weighted by atomic mass is 16.1. The van der Waals surface area contributed by atoms with Crippen molar-refractivity contribution in [3.05, 3.63) is 53.9 Å². The molecule has 134 valence electrons. The minimum absolute atomic E-state index is 0.125. The number of hydrogen-bond acceptors (Lipinski definition) is 3. The van der Waals surface area contributed by atoms with Gasteiger partial charge in [-0.15, -0.1) is 0 Å². The monoisotopic (exact) mass is 340 g/mol. The van der Waals surface area contributed by atoms with Gasteiger partial charge in [-0.3, -0.25) is 9.48 Å². The molecule has 1 atom stereocenters. The molecule has 0 radical (unpaired) electrons. The van der Waals surface area contributed by atoms with Crippen LogP contribution in [0.5, 0.6) is 0 Å². The smallest absolute Gasteiger partial charge is 0.220 e. The summed E-state index contributed by atoms with van der Waals surface area (Å²) in [5.74, 6) is 0.747. The van der Waals surface area contributed by atoms with Crippen molar-refractivity contribution in [1.82, 2.24) is 20.0 Å². The van der Waals surface area contributed by atoms with Gasteiger partial charge in [0.05, 0.1) is 6.20 Å². The van der Waals surface area contributed by atoms with Crippen molar-refractivity contribution in [2.45, 2.75) is 31.6 Å². The van der Waals surface area contributed by atoms with Crippen molar-refractivity contribution >= 4 is 5.91 Å². The lowest BCUT2D eigenvalue weighted by molar-refractivity contribution is -0.121. The van der Waals surface area contributed by atoms with Gasteiger partial charge in [0.1, 0.15) is 0 Å². The van der Waals surface area contributed by atoms with E-state index < -0.39 is 0 Å². The van der Waals surface area contributed by atoms with E-state index in [9.17, 15) is 4.79 Å². The van der Waals surface area contributed by atoms with Gasteiger partial charge in [-0.25, -0.2) is 0 Å². The van der Waals surface area contributed by atoms with Crippen LogP contribution in [0.2, 0.25) is 0 Å². The number of aryl methyl sites for hydroxylation is 2. The average molecular weight is 340 g/mol. The standard InChI is InChI=1S/C20H28N4O/c1-23-15-17(14-22-23)9-10-20(25)21-11-13-24-12-5-8-19(16-24)18-6-3-2-4-7-18/h2-4,6-7,14-15,19H,5,8-13,16H2,1H3,(H,21,25). The topological polar surface area (TPSA) is 50.2 Å². The van der Waals surface area contributed by atoms with Gasteiger partial charge < -0.3 is 10.2 Å². The Kier molecular flexibility index (Phi) is 6.23. The minimum atomic E-state index is 0.125. The number of rotatable bonds is 7. The van der Waals surface area contributed by atoms with Gasteiger partial charge in [0.25, 0.3) is 0 Å². The molecular weight excluding hydrogens is 312 g/mol. The quantitative estimate of drug-likeness (QED) is 0.842. The fraction of sp³-hybridized carbons (Fsp3) is 0.500. The lowest BCUT2D eigenvalue weighted by Crippen LogP contribution is -2.40. The Bertz CT molecular complexity index is 667. The molecule has 1 fully saturated rings. The first-order valence-electron chi connectivity index (χ1n) is 9.22. The third-order valence-corrected chi connectivity index (χ3v) is 4.93. The molecule has 3 rings (SSSR count). The second-order valence-electron chi connectivity index (χ2n) is 6.92. The number of piperidine rings is 1. The lowest BCUT2D eigenvalue weighted by atomic mass is 9.91. The van der Waals surface area contributed by atoms with Gasteiger partial charge in [0.2, 0.25) is 5.91 Å². The van der Waals surface area contributed by atoms with E-state index in [0.717, 1.165) is 38.2 Å². The largest absolute Gasteiger partial charge is 0.355 e. The first-order chi connectivity index (χ1) is 12.2. The van der Waals surface area contributed by atoms with Crippen LogP contribution in [0, 0.1) is 0 Å². The molecule has 0 aliphatic carbocycles. The molecule has 1 amide bonds. The van der Waals surface area contributed by atoms with E-state index in [0.29, 0.717) is 12.3 Å². The van der Waals surface area contributed by atoms with Gasteiger partial charge in [-0.1, -0.05) is 30.3 Å². The number of carbonyl (C=O) groups excluding carboxylic acids is 1. The molecule has 1 N–H and O–H groups in total. The number of likely N-dealkylation sites (tertiary alicyclic amines) is 1. The van der Waals surface area contributed by atoms with E-state index in [2.05, 4.69) is 45.6 Å². The molecule has 1 aliphatic rings. The molecule has 0 saturated carbocycles. The summed E-state index contributed by atoms with van der Waals surface area (Å²) in [5.41, 5.74) is 2.55. The number of aromatic nitrogens is 2. The van der Waals surface area contributed by atoms with E-state index in [1.54, 1.807) is 4.68 Å². The van der Waals surface area contributed by atoms with Crippen LogP contribution >= 0.6 is 0 Å². The number of carbonyl (C=O) groups is 1. The zero-order valence-electron chi connectivity index (χ0n) is 15.0. The molecule has 1 unspecified atom stereocenters. The van der Waals surface area contributed by atoms with Crippen LogP contribution in [-0.2, 0) is 18.3 Å². The van der Waals surface area contributed by atoms with E-state index >= 15 is 0 Å². The summed E-state index contributed by atoms with van der Waals surface area (Å²) in [7, 11) is 1.89. The van der Waals surface area contributed by atoms with Crippen LogP contribution in [0.3, 0.4) is 0 Å². The summed E-state index contributed by atoms with van der Waals surface area (Å²) < 4.78 is 1.77. The van der Waals surface area contributed by atoms with Gasteiger partial charge >= 0.3 is 0 Å². The van der Waals surface area contributed by atoms with Crippen LogP contribution in [0.15, 0.2) is 42.7 Å². The Morgan fingerprint density at radius 1 is 1.32 bits per heavy atom.